The summed E-state index contributed by atoms with van der Waals surface area (Å²) in [6.45, 7) is 3.61. The van der Waals surface area contributed by atoms with Crippen molar-refractivity contribution in [3.8, 4) is 5.75 Å². The van der Waals surface area contributed by atoms with Crippen molar-refractivity contribution in [3.05, 3.63) is 65.2 Å². The molecule has 0 unspecified atom stereocenters. The number of rotatable bonds is 13. The largest absolute Gasteiger partial charge is 0.489 e. The van der Waals surface area contributed by atoms with Crippen LogP contribution in [0, 0.1) is 21.6 Å². The Morgan fingerprint density at radius 2 is 1.18 bits per heavy atom. The van der Waals surface area contributed by atoms with Crippen LogP contribution in [0.5, 0.6) is 5.75 Å². The molecule has 0 fully saturated rings. The second-order valence-electron chi connectivity index (χ2n) is 8.02. The first-order valence-electron chi connectivity index (χ1n) is 11.7. The third-order valence-corrected chi connectivity index (χ3v) is 4.98. The SMILES string of the molecule is CCCC(=N)OC(=O)C(=N)C(=O)c1ccc(OCc2ccccc2)cc1C(=O)C(=N)C(=O)OC(=N)CCC. The minimum Gasteiger partial charge on any atom is -0.489 e. The number of Topliss-reactive ketones (excluding diaryl/α,β-unsaturated/α-hetero) is 2. The Kier molecular flexibility index (Phi) is 10.9. The van der Waals surface area contributed by atoms with Crippen molar-refractivity contribution in [2.24, 2.45) is 0 Å². The minimum atomic E-state index is -1.38. The average molecular weight is 521 g/mol. The third kappa shape index (κ3) is 8.12. The molecule has 2 aromatic rings. The van der Waals surface area contributed by atoms with Crippen molar-refractivity contribution in [1.29, 1.82) is 21.6 Å². The van der Waals surface area contributed by atoms with Crippen LogP contribution in [0.3, 0.4) is 0 Å². The average Bonchev–Trinajstić information content (AvgIpc) is 2.90. The van der Waals surface area contributed by atoms with E-state index in [1.165, 1.54) is 6.07 Å². The van der Waals surface area contributed by atoms with Gasteiger partial charge >= 0.3 is 11.9 Å². The summed E-state index contributed by atoms with van der Waals surface area (Å²) < 4.78 is 15.1. The molecule has 2 rings (SSSR count). The maximum Gasteiger partial charge on any atom is 0.366 e. The van der Waals surface area contributed by atoms with E-state index in [1.54, 1.807) is 13.8 Å². The first-order valence-corrected chi connectivity index (χ1v) is 11.7. The van der Waals surface area contributed by atoms with Crippen molar-refractivity contribution < 1.29 is 33.4 Å². The number of nitrogens with one attached hydrogen (secondary N) is 4. The van der Waals surface area contributed by atoms with Crippen LogP contribution in [0.1, 0.15) is 65.8 Å². The summed E-state index contributed by atoms with van der Waals surface area (Å²) in [5.74, 6) is -5.93. The molecule has 0 atom stereocenters. The lowest BCUT2D eigenvalue weighted by atomic mass is 9.95. The number of benzene rings is 2. The molecule has 38 heavy (non-hydrogen) atoms. The molecule has 11 heteroatoms. The molecule has 0 bridgehead atoms. The molecule has 0 aromatic heterocycles. The van der Waals surface area contributed by atoms with Gasteiger partial charge in [-0.05, 0) is 36.6 Å². The molecule has 4 N–H and O–H groups in total. The van der Waals surface area contributed by atoms with Gasteiger partial charge in [0.15, 0.2) is 23.2 Å². The molecule has 0 spiro atoms. The van der Waals surface area contributed by atoms with Gasteiger partial charge in [-0.15, -0.1) is 0 Å². The highest BCUT2D eigenvalue weighted by Crippen LogP contribution is 2.22. The number of carbonyl (C=O) groups excluding carboxylic acids is 4. The van der Waals surface area contributed by atoms with E-state index < -0.39 is 57.9 Å². The van der Waals surface area contributed by atoms with Crippen molar-refractivity contribution in [1.82, 2.24) is 0 Å². The van der Waals surface area contributed by atoms with E-state index in [2.05, 4.69) is 0 Å². The molecular weight excluding hydrogens is 492 g/mol. The molecule has 0 heterocycles. The van der Waals surface area contributed by atoms with Crippen LogP contribution in [0.15, 0.2) is 48.5 Å². The fourth-order valence-corrected chi connectivity index (χ4v) is 3.08. The second-order valence-corrected chi connectivity index (χ2v) is 8.02. The van der Waals surface area contributed by atoms with Crippen LogP contribution in [0.25, 0.3) is 0 Å². The van der Waals surface area contributed by atoms with E-state index in [1.807, 2.05) is 30.3 Å². The zero-order valence-corrected chi connectivity index (χ0v) is 21.0. The summed E-state index contributed by atoms with van der Waals surface area (Å²) in [4.78, 5) is 50.6. The standard InChI is InChI=1S/C27H28N4O7/c1-3-8-20(28)37-26(34)22(30)24(32)18-13-12-17(36-15-16-10-6-5-7-11-16)14-19(18)25(33)23(31)27(35)38-21(29)9-4-2/h5-7,10-14,28-31H,3-4,8-9,15H2,1-2H3. The fourth-order valence-electron chi connectivity index (χ4n) is 3.08. The van der Waals surface area contributed by atoms with Crippen molar-refractivity contribution >= 4 is 46.7 Å². The van der Waals surface area contributed by atoms with Crippen LogP contribution in [-0.2, 0) is 25.7 Å². The van der Waals surface area contributed by atoms with Gasteiger partial charge in [0.25, 0.3) is 0 Å². The maximum absolute atomic E-state index is 13.1. The van der Waals surface area contributed by atoms with Crippen LogP contribution in [0.2, 0.25) is 0 Å². The Morgan fingerprint density at radius 3 is 1.68 bits per heavy atom. The van der Waals surface area contributed by atoms with Gasteiger partial charge in [0, 0.05) is 24.0 Å². The molecule has 198 valence electrons. The quantitative estimate of drug-likeness (QED) is 0.0993. The topological polar surface area (TPSA) is 191 Å². The molecule has 0 saturated heterocycles. The Hall–Kier alpha value is -4.80. The van der Waals surface area contributed by atoms with E-state index in [-0.39, 0.29) is 25.2 Å². The van der Waals surface area contributed by atoms with Crippen molar-refractivity contribution in [2.45, 2.75) is 46.1 Å². The predicted molar refractivity (Wildman–Crippen MR) is 139 cm³/mol. The summed E-state index contributed by atoms with van der Waals surface area (Å²) >= 11 is 0. The zero-order chi connectivity index (χ0) is 28.2. The first kappa shape index (κ1) is 29.4. The molecule has 0 aliphatic carbocycles. The predicted octanol–water partition coefficient (Wildman–Crippen LogP) is 4.31. The number of hydrogen-bond donors (Lipinski definition) is 4. The van der Waals surface area contributed by atoms with E-state index in [0.29, 0.717) is 12.8 Å². The monoisotopic (exact) mass is 520 g/mol. The van der Waals surface area contributed by atoms with Crippen LogP contribution in [0.4, 0.5) is 0 Å². The van der Waals surface area contributed by atoms with Gasteiger partial charge in [-0.1, -0.05) is 44.2 Å². The van der Waals surface area contributed by atoms with Gasteiger partial charge in [0.05, 0.1) is 0 Å². The maximum atomic E-state index is 13.1. The molecule has 0 radical (unpaired) electrons. The lowest BCUT2D eigenvalue weighted by Gasteiger charge is -2.13. The van der Waals surface area contributed by atoms with Gasteiger partial charge < -0.3 is 14.2 Å². The minimum absolute atomic E-state index is 0.108. The van der Waals surface area contributed by atoms with E-state index in [9.17, 15) is 19.2 Å². The Morgan fingerprint density at radius 1 is 0.684 bits per heavy atom. The molecule has 0 aliphatic rings. The molecule has 0 saturated carbocycles. The lowest BCUT2D eigenvalue weighted by molar-refractivity contribution is -0.129. The van der Waals surface area contributed by atoms with Crippen LogP contribution >= 0.6 is 0 Å². The molecule has 2 aromatic carbocycles. The van der Waals surface area contributed by atoms with Gasteiger partial charge in [-0.2, -0.15) is 0 Å². The highest BCUT2D eigenvalue weighted by molar-refractivity contribution is 6.70. The highest BCUT2D eigenvalue weighted by Gasteiger charge is 2.31. The Labute approximate surface area is 219 Å². The summed E-state index contributed by atoms with van der Waals surface area (Å²) in [7, 11) is 0. The summed E-state index contributed by atoms with van der Waals surface area (Å²) in [5.41, 5.74) is -2.42. The summed E-state index contributed by atoms with van der Waals surface area (Å²) in [6, 6.07) is 12.7. The lowest BCUT2D eigenvalue weighted by Crippen LogP contribution is -2.31. The number of carbonyl (C=O) groups is 4. The van der Waals surface area contributed by atoms with Crippen LogP contribution < -0.4 is 4.74 Å². The Balaban J connectivity index is 2.38. The molecule has 0 aliphatic heterocycles. The van der Waals surface area contributed by atoms with E-state index >= 15 is 0 Å². The Bertz CT molecular complexity index is 1290. The van der Waals surface area contributed by atoms with E-state index in [0.717, 1.165) is 17.7 Å². The number of esters is 2. The number of hydrogen-bond acceptors (Lipinski definition) is 11. The molecule has 11 nitrogen and oxygen atoms in total. The van der Waals surface area contributed by atoms with Crippen LogP contribution in [-0.4, -0.2) is 46.7 Å². The number of ether oxygens (including phenoxy) is 3. The van der Waals surface area contributed by atoms with Gasteiger partial charge in [-0.3, -0.25) is 31.2 Å². The van der Waals surface area contributed by atoms with Gasteiger partial charge in [0.2, 0.25) is 11.6 Å². The summed E-state index contributed by atoms with van der Waals surface area (Å²) in [6.07, 6.45) is 1.24. The van der Waals surface area contributed by atoms with Crippen molar-refractivity contribution in [2.75, 3.05) is 0 Å². The van der Waals surface area contributed by atoms with Crippen molar-refractivity contribution in [3.63, 3.8) is 0 Å². The highest BCUT2D eigenvalue weighted by atomic mass is 16.5. The third-order valence-electron chi connectivity index (χ3n) is 4.98. The smallest absolute Gasteiger partial charge is 0.366 e. The normalized spacial score (nSPS) is 10.2. The van der Waals surface area contributed by atoms with E-state index in [4.69, 9.17) is 35.8 Å². The van der Waals surface area contributed by atoms with Gasteiger partial charge in [-0.25, -0.2) is 9.59 Å². The summed E-state index contributed by atoms with van der Waals surface area (Å²) in [5, 5.41) is 31.1. The second kappa shape index (κ2) is 14.1. The number of ketones is 2. The zero-order valence-electron chi connectivity index (χ0n) is 21.0. The first-order chi connectivity index (χ1) is 18.1. The fraction of sp³-hybridized carbons (Fsp3) is 0.259. The van der Waals surface area contributed by atoms with Gasteiger partial charge in [0.1, 0.15) is 12.4 Å². The molecular formula is C27H28N4O7. The molecule has 0 amide bonds.